The summed E-state index contributed by atoms with van der Waals surface area (Å²) in [6.45, 7) is 1.89. The van der Waals surface area contributed by atoms with Crippen LogP contribution in [0.1, 0.15) is 27.9 Å². The van der Waals surface area contributed by atoms with Crippen molar-refractivity contribution in [3.05, 3.63) is 40.2 Å². The molecule has 4 nitrogen and oxygen atoms in total. The van der Waals surface area contributed by atoms with Crippen LogP contribution in [0.5, 0.6) is 5.75 Å². The van der Waals surface area contributed by atoms with E-state index in [0.29, 0.717) is 22.7 Å². The minimum atomic E-state index is -0.477. The Bertz CT molecular complexity index is 583. The smallest absolute Gasteiger partial charge is 0.210 e. The maximum absolute atomic E-state index is 13.2. The van der Waals surface area contributed by atoms with Crippen LogP contribution in [-0.2, 0) is 6.42 Å². The van der Waals surface area contributed by atoms with Crippen LogP contribution in [0, 0.1) is 5.82 Å². The largest absolute Gasteiger partial charge is 0.496 e. The van der Waals surface area contributed by atoms with E-state index >= 15 is 0 Å². The van der Waals surface area contributed by atoms with Gasteiger partial charge in [-0.15, -0.1) is 5.10 Å². The summed E-state index contributed by atoms with van der Waals surface area (Å²) in [5, 5.41) is 3.87. The molecule has 0 aliphatic rings. The minimum absolute atomic E-state index is 0.193. The maximum atomic E-state index is 13.2. The summed E-state index contributed by atoms with van der Waals surface area (Å²) in [5.41, 5.74) is 0.814. The summed E-state index contributed by atoms with van der Waals surface area (Å²) in [6, 6.07) is 3.85. The second-order valence-corrected chi connectivity index (χ2v) is 4.33. The van der Waals surface area contributed by atoms with Crippen molar-refractivity contribution in [2.75, 3.05) is 7.11 Å². The van der Waals surface area contributed by atoms with E-state index in [1.54, 1.807) is 0 Å². The Kier molecular flexibility index (Phi) is 3.66. The standard InChI is InChI=1S/C12H11FN2O2S/c1-3-9-12(18-15-14-9)11(16)8-6-7(13)4-5-10(8)17-2/h4-6H,3H2,1-2H3. The monoisotopic (exact) mass is 266 g/mol. The molecule has 0 aliphatic heterocycles. The van der Waals surface area contributed by atoms with Crippen LogP contribution in [-0.4, -0.2) is 22.5 Å². The molecule has 94 valence electrons. The molecule has 1 aromatic carbocycles. The number of carbonyl (C=O) groups excluding carboxylic acids is 1. The highest BCUT2D eigenvalue weighted by Gasteiger charge is 2.20. The molecule has 18 heavy (non-hydrogen) atoms. The average molecular weight is 266 g/mol. The van der Waals surface area contributed by atoms with Gasteiger partial charge in [0.05, 0.1) is 18.4 Å². The summed E-state index contributed by atoms with van der Waals surface area (Å²) in [7, 11) is 1.44. The van der Waals surface area contributed by atoms with Gasteiger partial charge in [0.2, 0.25) is 5.78 Å². The highest BCUT2D eigenvalue weighted by molar-refractivity contribution is 7.08. The normalized spacial score (nSPS) is 10.4. The predicted molar refractivity (Wildman–Crippen MR) is 65.7 cm³/mol. The van der Waals surface area contributed by atoms with Gasteiger partial charge in [0, 0.05) is 0 Å². The second kappa shape index (κ2) is 5.22. The van der Waals surface area contributed by atoms with E-state index in [2.05, 4.69) is 9.59 Å². The van der Waals surface area contributed by atoms with Crippen molar-refractivity contribution in [1.82, 2.24) is 9.59 Å². The van der Waals surface area contributed by atoms with E-state index in [0.717, 1.165) is 11.5 Å². The minimum Gasteiger partial charge on any atom is -0.496 e. The van der Waals surface area contributed by atoms with Crippen molar-refractivity contribution in [3.8, 4) is 5.75 Å². The molecule has 0 amide bonds. The van der Waals surface area contributed by atoms with Gasteiger partial charge >= 0.3 is 0 Å². The number of aryl methyl sites for hydroxylation is 1. The molecule has 0 aliphatic carbocycles. The molecule has 1 heterocycles. The summed E-state index contributed by atoms with van der Waals surface area (Å²) in [5.74, 6) is -0.440. The van der Waals surface area contributed by atoms with Gasteiger partial charge in [-0.3, -0.25) is 4.79 Å². The van der Waals surface area contributed by atoms with E-state index in [9.17, 15) is 9.18 Å². The number of methoxy groups -OCH3 is 1. The number of hydrogen-bond acceptors (Lipinski definition) is 5. The highest BCUT2D eigenvalue weighted by Crippen LogP contribution is 2.25. The van der Waals surface area contributed by atoms with Crippen molar-refractivity contribution in [1.29, 1.82) is 0 Å². The van der Waals surface area contributed by atoms with Crippen LogP contribution < -0.4 is 4.74 Å². The number of benzene rings is 1. The van der Waals surface area contributed by atoms with Crippen LogP contribution in [0.4, 0.5) is 4.39 Å². The van der Waals surface area contributed by atoms with Crippen LogP contribution in [0.3, 0.4) is 0 Å². The van der Waals surface area contributed by atoms with E-state index in [-0.39, 0.29) is 11.3 Å². The topological polar surface area (TPSA) is 52.1 Å². The third kappa shape index (κ3) is 2.24. The van der Waals surface area contributed by atoms with Crippen molar-refractivity contribution < 1.29 is 13.9 Å². The van der Waals surface area contributed by atoms with Crippen molar-refractivity contribution in [2.45, 2.75) is 13.3 Å². The predicted octanol–water partition coefficient (Wildman–Crippen LogP) is 2.48. The highest BCUT2D eigenvalue weighted by atomic mass is 32.1. The number of nitrogens with zero attached hydrogens (tertiary/aromatic N) is 2. The number of carbonyl (C=O) groups is 1. The second-order valence-electron chi connectivity index (χ2n) is 3.58. The van der Waals surface area contributed by atoms with Gasteiger partial charge in [-0.25, -0.2) is 4.39 Å². The molecule has 0 saturated carbocycles. The third-order valence-corrected chi connectivity index (χ3v) is 3.27. The summed E-state index contributed by atoms with van der Waals surface area (Å²) in [6.07, 6.45) is 0.606. The van der Waals surface area contributed by atoms with Crippen LogP contribution >= 0.6 is 11.5 Å². The molecule has 6 heteroatoms. The number of hydrogen-bond donors (Lipinski definition) is 0. The Morgan fingerprint density at radius 1 is 1.50 bits per heavy atom. The molecule has 0 atom stereocenters. The Hall–Kier alpha value is -1.82. The Balaban J connectivity index is 2.48. The molecular formula is C12H11FN2O2S. The van der Waals surface area contributed by atoms with Gasteiger partial charge in [0.25, 0.3) is 0 Å². The fraction of sp³-hybridized carbons (Fsp3) is 0.250. The van der Waals surface area contributed by atoms with E-state index in [1.807, 2.05) is 6.92 Å². The maximum Gasteiger partial charge on any atom is 0.210 e. The molecule has 0 N–H and O–H groups in total. The Labute approximate surface area is 108 Å². The zero-order valence-corrected chi connectivity index (χ0v) is 10.8. The molecule has 0 radical (unpaired) electrons. The van der Waals surface area contributed by atoms with E-state index < -0.39 is 5.82 Å². The van der Waals surface area contributed by atoms with Crippen LogP contribution in [0.15, 0.2) is 18.2 Å². The number of ether oxygens (including phenoxy) is 1. The lowest BCUT2D eigenvalue weighted by Gasteiger charge is -2.06. The van der Waals surface area contributed by atoms with Gasteiger partial charge in [0.1, 0.15) is 16.4 Å². The molecule has 0 spiro atoms. The van der Waals surface area contributed by atoms with Crippen molar-refractivity contribution in [3.63, 3.8) is 0 Å². The van der Waals surface area contributed by atoms with Gasteiger partial charge in [0.15, 0.2) is 0 Å². The number of rotatable bonds is 4. The SMILES string of the molecule is CCc1nnsc1C(=O)c1cc(F)ccc1OC. The third-order valence-electron chi connectivity index (χ3n) is 2.50. The summed E-state index contributed by atoms with van der Waals surface area (Å²) < 4.78 is 22.1. The molecule has 2 aromatic rings. The molecule has 2 rings (SSSR count). The lowest BCUT2D eigenvalue weighted by molar-refractivity contribution is 0.103. The summed E-state index contributed by atoms with van der Waals surface area (Å²) in [4.78, 5) is 12.7. The van der Waals surface area contributed by atoms with E-state index in [1.165, 1.54) is 25.3 Å². The van der Waals surface area contributed by atoms with Gasteiger partial charge in [-0.1, -0.05) is 11.4 Å². The first-order valence-corrected chi connectivity index (χ1v) is 6.14. The molecule has 0 unspecified atom stereocenters. The van der Waals surface area contributed by atoms with Crippen molar-refractivity contribution in [2.24, 2.45) is 0 Å². The number of aromatic nitrogens is 2. The van der Waals surface area contributed by atoms with Gasteiger partial charge in [-0.2, -0.15) is 0 Å². The van der Waals surface area contributed by atoms with Crippen LogP contribution in [0.25, 0.3) is 0 Å². The first-order valence-electron chi connectivity index (χ1n) is 5.36. The molecule has 0 saturated heterocycles. The summed E-state index contributed by atoms with van der Waals surface area (Å²) >= 11 is 1.01. The fourth-order valence-corrected chi connectivity index (χ4v) is 2.30. The molecule has 1 aromatic heterocycles. The lowest BCUT2D eigenvalue weighted by atomic mass is 10.1. The first kappa shape index (κ1) is 12.6. The van der Waals surface area contributed by atoms with Crippen LogP contribution in [0.2, 0.25) is 0 Å². The Morgan fingerprint density at radius 3 is 2.94 bits per heavy atom. The quantitative estimate of drug-likeness (QED) is 0.798. The fourth-order valence-electron chi connectivity index (χ4n) is 1.59. The van der Waals surface area contributed by atoms with E-state index in [4.69, 9.17) is 4.74 Å². The average Bonchev–Trinajstić information content (AvgIpc) is 2.86. The van der Waals surface area contributed by atoms with Crippen molar-refractivity contribution >= 4 is 17.3 Å². The molecule has 0 bridgehead atoms. The molecule has 0 fully saturated rings. The lowest BCUT2D eigenvalue weighted by Crippen LogP contribution is -2.05. The zero-order chi connectivity index (χ0) is 13.1. The zero-order valence-electron chi connectivity index (χ0n) is 9.94. The number of ketones is 1. The number of halogens is 1. The van der Waals surface area contributed by atoms with Gasteiger partial charge < -0.3 is 4.74 Å². The van der Waals surface area contributed by atoms with Gasteiger partial charge in [-0.05, 0) is 36.2 Å². The first-order chi connectivity index (χ1) is 8.67. The molecular weight excluding hydrogens is 255 g/mol. The Morgan fingerprint density at radius 2 is 2.28 bits per heavy atom.